The first kappa shape index (κ1) is 37.9. The summed E-state index contributed by atoms with van der Waals surface area (Å²) in [6.07, 6.45) is -1.66. The predicted octanol–water partition coefficient (Wildman–Crippen LogP) is 5.06. The molecule has 1 aliphatic rings. The lowest BCUT2D eigenvalue weighted by Crippen LogP contribution is -2.59. The van der Waals surface area contributed by atoms with Gasteiger partial charge in [-0.2, -0.15) is 13.2 Å². The standard InChI is InChI=1S/C35H43F3N6O6/c1-33(2,3)50-32(48)42-34(4,5)31(47)40-26(21-49-20-23-13-7-6-8-14-23)29(45)41-27-19-44(22-39-27)28(30(46)43-17-11-12-18-43)24-15-9-10-16-25(24)35(36,37)38/h6-10,13-16,19,22,26,28H,11-12,17-18,20-21H2,1-5H3,(H,40,47)(H,41,45)(H,42,48)/t26-,28?/m1/s1. The van der Waals surface area contributed by atoms with Crippen molar-refractivity contribution in [3.8, 4) is 0 Å². The van der Waals surface area contributed by atoms with Crippen LogP contribution in [-0.2, 0) is 36.6 Å². The molecule has 2 heterocycles. The van der Waals surface area contributed by atoms with Crippen LogP contribution < -0.4 is 16.0 Å². The quantitative estimate of drug-likeness (QED) is 0.240. The monoisotopic (exact) mass is 700 g/mol. The maximum atomic E-state index is 14.1. The largest absolute Gasteiger partial charge is 0.444 e. The van der Waals surface area contributed by atoms with Crippen LogP contribution in [0.4, 0.5) is 23.8 Å². The highest BCUT2D eigenvalue weighted by molar-refractivity contribution is 5.98. The third kappa shape index (κ3) is 10.3. The summed E-state index contributed by atoms with van der Waals surface area (Å²) in [5, 5.41) is 7.67. The minimum Gasteiger partial charge on any atom is -0.444 e. The maximum Gasteiger partial charge on any atom is 0.416 e. The summed E-state index contributed by atoms with van der Waals surface area (Å²) in [5.74, 6) is -2.10. The Morgan fingerprint density at radius 3 is 2.20 bits per heavy atom. The third-order valence-corrected chi connectivity index (χ3v) is 7.76. The molecule has 0 saturated carbocycles. The highest BCUT2D eigenvalue weighted by atomic mass is 19.4. The van der Waals surface area contributed by atoms with E-state index in [9.17, 15) is 32.3 Å². The van der Waals surface area contributed by atoms with Crippen molar-refractivity contribution >= 4 is 29.6 Å². The van der Waals surface area contributed by atoms with Gasteiger partial charge >= 0.3 is 12.3 Å². The first-order chi connectivity index (χ1) is 23.4. The van der Waals surface area contributed by atoms with Crippen LogP contribution in [0.3, 0.4) is 0 Å². The summed E-state index contributed by atoms with van der Waals surface area (Å²) in [6.45, 7) is 8.53. The molecule has 270 valence electrons. The second-order valence-electron chi connectivity index (χ2n) is 13.5. The number of amides is 4. The van der Waals surface area contributed by atoms with E-state index in [1.54, 1.807) is 20.8 Å². The van der Waals surface area contributed by atoms with Gasteiger partial charge in [0.1, 0.15) is 23.2 Å². The Hall–Kier alpha value is -4.92. The van der Waals surface area contributed by atoms with E-state index in [4.69, 9.17) is 9.47 Å². The fourth-order valence-electron chi connectivity index (χ4n) is 5.29. The molecule has 4 rings (SSSR count). The fraction of sp³-hybridized carbons (Fsp3) is 0.457. The number of nitrogens with zero attached hydrogens (tertiary/aromatic N) is 3. The van der Waals surface area contributed by atoms with Gasteiger partial charge in [-0.05, 0) is 64.7 Å². The van der Waals surface area contributed by atoms with E-state index in [1.165, 1.54) is 54.0 Å². The summed E-state index contributed by atoms with van der Waals surface area (Å²) >= 11 is 0. The average Bonchev–Trinajstić information content (AvgIpc) is 3.73. The second-order valence-corrected chi connectivity index (χ2v) is 13.5. The van der Waals surface area contributed by atoms with Gasteiger partial charge in [0.25, 0.3) is 5.91 Å². The first-order valence-corrected chi connectivity index (χ1v) is 16.2. The molecule has 1 saturated heterocycles. The van der Waals surface area contributed by atoms with Crippen LogP contribution >= 0.6 is 0 Å². The van der Waals surface area contributed by atoms with Crippen LogP contribution in [0.2, 0.25) is 0 Å². The summed E-state index contributed by atoms with van der Waals surface area (Å²) < 4.78 is 54.5. The van der Waals surface area contributed by atoms with Gasteiger partial charge in [0, 0.05) is 19.3 Å². The van der Waals surface area contributed by atoms with E-state index in [-0.39, 0.29) is 24.6 Å². The number of rotatable bonds is 12. The van der Waals surface area contributed by atoms with E-state index in [0.717, 1.165) is 24.5 Å². The molecule has 0 spiro atoms. The molecule has 2 aromatic carbocycles. The van der Waals surface area contributed by atoms with Crippen LogP contribution in [0.15, 0.2) is 67.1 Å². The Bertz CT molecular complexity index is 1650. The predicted molar refractivity (Wildman–Crippen MR) is 178 cm³/mol. The molecule has 12 nitrogen and oxygen atoms in total. The molecule has 0 bridgehead atoms. The number of likely N-dealkylation sites (tertiary alicyclic amines) is 1. The molecular formula is C35H43F3N6O6. The Labute approximate surface area is 288 Å². The number of aromatic nitrogens is 2. The summed E-state index contributed by atoms with van der Waals surface area (Å²) in [7, 11) is 0. The van der Waals surface area contributed by atoms with Crippen molar-refractivity contribution in [1.29, 1.82) is 0 Å². The van der Waals surface area contributed by atoms with Gasteiger partial charge in [0.05, 0.1) is 25.1 Å². The lowest BCUT2D eigenvalue weighted by Gasteiger charge is -2.29. The molecule has 4 amide bonds. The number of halogens is 3. The number of benzene rings is 2. The normalized spacial score (nSPS) is 14.8. The number of hydrogen-bond donors (Lipinski definition) is 3. The van der Waals surface area contributed by atoms with Crippen molar-refractivity contribution in [3.63, 3.8) is 0 Å². The van der Waals surface area contributed by atoms with Crippen molar-refractivity contribution in [1.82, 2.24) is 25.1 Å². The Morgan fingerprint density at radius 2 is 1.56 bits per heavy atom. The first-order valence-electron chi connectivity index (χ1n) is 16.2. The third-order valence-electron chi connectivity index (χ3n) is 7.76. The van der Waals surface area contributed by atoms with Crippen molar-refractivity contribution in [3.05, 3.63) is 83.8 Å². The van der Waals surface area contributed by atoms with Gasteiger partial charge in [-0.25, -0.2) is 9.78 Å². The van der Waals surface area contributed by atoms with Crippen molar-refractivity contribution in [2.75, 3.05) is 25.0 Å². The number of carbonyl (C=O) groups excluding carboxylic acids is 4. The molecular weight excluding hydrogens is 657 g/mol. The molecule has 1 fully saturated rings. The van der Waals surface area contributed by atoms with Gasteiger partial charge in [0.15, 0.2) is 5.82 Å². The van der Waals surface area contributed by atoms with E-state index >= 15 is 0 Å². The Balaban J connectivity index is 1.57. The molecule has 1 unspecified atom stereocenters. The SMILES string of the molecule is CC(C)(C)OC(=O)NC(C)(C)C(=O)N[C@H](COCc1ccccc1)C(=O)Nc1cn(C(C(=O)N2CCCC2)c2ccccc2C(F)(F)F)cn1. The van der Waals surface area contributed by atoms with Gasteiger partial charge in [-0.3, -0.25) is 14.4 Å². The molecule has 1 aliphatic heterocycles. The number of ether oxygens (including phenoxy) is 2. The average molecular weight is 701 g/mol. The van der Waals surface area contributed by atoms with E-state index < -0.39 is 58.8 Å². The maximum absolute atomic E-state index is 14.1. The van der Waals surface area contributed by atoms with E-state index in [1.807, 2.05) is 30.3 Å². The Morgan fingerprint density at radius 1 is 0.920 bits per heavy atom. The number of alkyl carbamates (subject to hydrolysis) is 1. The summed E-state index contributed by atoms with van der Waals surface area (Å²) in [4.78, 5) is 58.8. The van der Waals surface area contributed by atoms with Crippen LogP contribution in [0.5, 0.6) is 0 Å². The lowest BCUT2D eigenvalue weighted by atomic mass is 9.98. The van der Waals surface area contributed by atoms with Gasteiger partial charge in [0.2, 0.25) is 11.8 Å². The molecule has 50 heavy (non-hydrogen) atoms. The van der Waals surface area contributed by atoms with Crippen molar-refractivity contribution in [2.45, 2.75) is 83.5 Å². The molecule has 15 heteroatoms. The molecule has 1 aromatic heterocycles. The number of nitrogens with one attached hydrogen (secondary N) is 3. The van der Waals surface area contributed by atoms with Gasteiger partial charge < -0.3 is 34.9 Å². The minimum absolute atomic E-state index is 0.0767. The van der Waals surface area contributed by atoms with Crippen LogP contribution in [-0.4, -0.2) is 75.1 Å². The Kier molecular flexibility index (Phi) is 11.9. The molecule has 3 aromatic rings. The highest BCUT2D eigenvalue weighted by Crippen LogP contribution is 2.37. The number of imidazole rings is 1. The zero-order valence-electron chi connectivity index (χ0n) is 28.7. The second kappa shape index (κ2) is 15.7. The van der Waals surface area contributed by atoms with Crippen molar-refractivity contribution in [2.24, 2.45) is 0 Å². The van der Waals surface area contributed by atoms with Gasteiger partial charge in [-0.1, -0.05) is 48.5 Å². The number of anilines is 1. The molecule has 0 aliphatic carbocycles. The highest BCUT2D eigenvalue weighted by Gasteiger charge is 2.39. The zero-order chi connectivity index (χ0) is 36.7. The minimum atomic E-state index is -4.73. The van der Waals surface area contributed by atoms with Crippen LogP contribution in [0, 0.1) is 0 Å². The van der Waals surface area contributed by atoms with E-state index in [0.29, 0.717) is 13.1 Å². The zero-order valence-corrected chi connectivity index (χ0v) is 28.7. The topological polar surface area (TPSA) is 144 Å². The van der Waals surface area contributed by atoms with E-state index in [2.05, 4.69) is 20.9 Å². The summed E-state index contributed by atoms with van der Waals surface area (Å²) in [6, 6.07) is 11.3. The number of carbonyl (C=O) groups is 4. The van der Waals surface area contributed by atoms with Crippen molar-refractivity contribution < 1.29 is 41.8 Å². The molecule has 0 radical (unpaired) electrons. The molecule has 2 atom stereocenters. The van der Waals surface area contributed by atoms with Crippen LogP contribution in [0.25, 0.3) is 0 Å². The fourth-order valence-corrected chi connectivity index (χ4v) is 5.29. The lowest BCUT2D eigenvalue weighted by molar-refractivity contribution is -0.139. The molecule has 3 N–H and O–H groups in total. The van der Waals surface area contributed by atoms with Gasteiger partial charge in [-0.15, -0.1) is 0 Å². The summed E-state index contributed by atoms with van der Waals surface area (Å²) in [5.41, 5.74) is -2.74. The number of hydrogen-bond acceptors (Lipinski definition) is 7. The van der Waals surface area contributed by atoms with Crippen LogP contribution in [0.1, 0.15) is 70.2 Å². The number of alkyl halides is 3. The smallest absolute Gasteiger partial charge is 0.416 e.